The molecule has 0 saturated carbocycles. The van der Waals surface area contributed by atoms with Crippen molar-refractivity contribution in [3.8, 4) is 11.5 Å². The third-order valence-electron chi connectivity index (χ3n) is 3.49. The van der Waals surface area contributed by atoms with Crippen molar-refractivity contribution >= 4 is 23.2 Å². The highest BCUT2D eigenvalue weighted by atomic mass is 35.5. The molecule has 1 aliphatic rings. The van der Waals surface area contributed by atoms with Crippen LogP contribution in [0.3, 0.4) is 0 Å². The van der Waals surface area contributed by atoms with E-state index >= 15 is 0 Å². The number of ether oxygens (including phenoxy) is 2. The Morgan fingerprint density at radius 2 is 2.04 bits per heavy atom. The summed E-state index contributed by atoms with van der Waals surface area (Å²) in [6.45, 7) is 0.218. The Balaban J connectivity index is 1.90. The normalized spacial score (nSPS) is 14.4. The monoisotopic (exact) mass is 332 g/mol. The van der Waals surface area contributed by atoms with E-state index in [0.29, 0.717) is 29.4 Å². The lowest BCUT2D eigenvalue weighted by molar-refractivity contribution is -0.419. The quantitative estimate of drug-likeness (QED) is 0.852. The fraction of sp³-hybridized carbons (Fsp3) is 0.235. The summed E-state index contributed by atoms with van der Waals surface area (Å²) in [6.07, 6.45) is -1.12. The molecule has 0 unspecified atom stereocenters. The summed E-state index contributed by atoms with van der Waals surface area (Å²) in [4.78, 5) is 11.6. The second-order valence-electron chi connectivity index (χ2n) is 5.11. The van der Waals surface area contributed by atoms with E-state index in [2.05, 4.69) is 5.32 Å². The van der Waals surface area contributed by atoms with Gasteiger partial charge in [0.2, 0.25) is 0 Å². The smallest absolute Gasteiger partial charge is 0.262 e. The van der Waals surface area contributed by atoms with Gasteiger partial charge in [-0.15, -0.1) is 11.6 Å². The molecule has 0 radical (unpaired) electrons. The highest BCUT2D eigenvalue weighted by Gasteiger charge is 2.24. The summed E-state index contributed by atoms with van der Waals surface area (Å²) >= 11 is 5.65. The van der Waals surface area contributed by atoms with Crippen molar-refractivity contribution in [2.45, 2.75) is 12.7 Å². The zero-order valence-corrected chi connectivity index (χ0v) is 13.0. The van der Waals surface area contributed by atoms with Crippen molar-refractivity contribution in [1.29, 1.82) is 0 Å². The number of carbonyl (C=O) groups excluding carboxylic acids is 1. The second kappa shape index (κ2) is 6.89. The first-order chi connectivity index (χ1) is 11.2. The van der Waals surface area contributed by atoms with Gasteiger partial charge in [0.05, 0.1) is 0 Å². The van der Waals surface area contributed by atoms with E-state index in [9.17, 15) is 9.90 Å². The van der Waals surface area contributed by atoms with E-state index in [1.165, 1.54) is 0 Å². The third-order valence-corrected chi connectivity index (χ3v) is 3.77. The fourth-order valence-corrected chi connectivity index (χ4v) is 2.53. The first-order valence-electron chi connectivity index (χ1n) is 7.17. The van der Waals surface area contributed by atoms with Crippen LogP contribution in [0.2, 0.25) is 0 Å². The molecule has 0 aliphatic carbocycles. The topological polar surface area (TPSA) is 70.6 Å². The Morgan fingerprint density at radius 3 is 2.78 bits per heavy atom. The molecule has 120 valence electrons. The molecule has 1 aliphatic heterocycles. The highest BCUT2D eigenvalue weighted by molar-refractivity contribution is 6.18. The maximum Gasteiger partial charge on any atom is 0.262 e. The number of anilines is 1. The molecule has 1 N–H and O–H groups in total. The molecule has 0 fully saturated rings. The minimum absolute atomic E-state index is 0.0754. The molecule has 2 aromatic rings. The Kier molecular flexibility index (Phi) is 4.69. The molecule has 6 heteroatoms. The van der Waals surface area contributed by atoms with Crippen molar-refractivity contribution < 1.29 is 19.4 Å². The molecule has 1 atom stereocenters. The molecule has 23 heavy (non-hydrogen) atoms. The number of benzene rings is 2. The van der Waals surface area contributed by atoms with Gasteiger partial charge < -0.3 is 19.9 Å². The number of amides is 1. The Morgan fingerprint density at radius 1 is 1.26 bits per heavy atom. The number of nitrogens with one attached hydrogen (secondary N) is 1. The SMILES string of the molecule is O=C1COc2c([C@@H]([O-])CCl)ccc(OCc3ccccc3)c2N1. The Bertz CT molecular complexity index is 705. The average Bonchev–Trinajstić information content (AvgIpc) is 2.59. The van der Waals surface area contributed by atoms with Gasteiger partial charge in [-0.3, -0.25) is 4.79 Å². The summed E-state index contributed by atoms with van der Waals surface area (Å²) in [5.74, 6) is 0.444. The molecule has 1 heterocycles. The summed E-state index contributed by atoms with van der Waals surface area (Å²) in [5, 5.41) is 14.7. The van der Waals surface area contributed by atoms with Gasteiger partial charge in [-0.2, -0.15) is 0 Å². The van der Waals surface area contributed by atoms with Gasteiger partial charge in [0.25, 0.3) is 5.91 Å². The maximum absolute atomic E-state index is 12.0. The van der Waals surface area contributed by atoms with Gasteiger partial charge >= 0.3 is 0 Å². The van der Waals surface area contributed by atoms with Gasteiger partial charge in [0.15, 0.2) is 6.61 Å². The first kappa shape index (κ1) is 15.6. The van der Waals surface area contributed by atoms with Crippen LogP contribution in [0.25, 0.3) is 0 Å². The van der Waals surface area contributed by atoms with Gasteiger partial charge in [0.1, 0.15) is 23.8 Å². The van der Waals surface area contributed by atoms with Crippen molar-refractivity contribution in [1.82, 2.24) is 0 Å². The largest absolute Gasteiger partial charge is 0.848 e. The number of fused-ring (bicyclic) bond motifs is 1. The molecular weight excluding hydrogens is 318 g/mol. The van der Waals surface area contributed by atoms with Gasteiger partial charge in [0, 0.05) is 5.88 Å². The van der Waals surface area contributed by atoms with E-state index < -0.39 is 6.10 Å². The summed E-state index contributed by atoms with van der Waals surface area (Å²) in [7, 11) is 0. The van der Waals surface area contributed by atoms with Crippen LogP contribution in [-0.4, -0.2) is 18.4 Å². The van der Waals surface area contributed by atoms with Crippen molar-refractivity contribution in [2.75, 3.05) is 17.8 Å². The predicted octanol–water partition coefficient (Wildman–Crippen LogP) is 2.24. The van der Waals surface area contributed by atoms with Crippen LogP contribution in [-0.2, 0) is 11.4 Å². The molecule has 2 aromatic carbocycles. The number of halogens is 1. The molecular formula is C17H15ClNO4-. The lowest BCUT2D eigenvalue weighted by Gasteiger charge is -2.28. The second-order valence-corrected chi connectivity index (χ2v) is 5.42. The van der Waals surface area contributed by atoms with Crippen LogP contribution >= 0.6 is 11.6 Å². The molecule has 5 nitrogen and oxygen atoms in total. The van der Waals surface area contributed by atoms with Crippen LogP contribution in [0.15, 0.2) is 42.5 Å². The summed E-state index contributed by atoms with van der Waals surface area (Å²) in [6, 6.07) is 12.9. The number of hydrogen-bond acceptors (Lipinski definition) is 4. The summed E-state index contributed by atoms with van der Waals surface area (Å²) < 4.78 is 11.2. The van der Waals surface area contributed by atoms with E-state index in [1.807, 2.05) is 30.3 Å². The average molecular weight is 333 g/mol. The fourth-order valence-electron chi connectivity index (χ4n) is 2.36. The van der Waals surface area contributed by atoms with Crippen LogP contribution in [0.4, 0.5) is 5.69 Å². The molecule has 0 spiro atoms. The van der Waals surface area contributed by atoms with Crippen molar-refractivity contribution in [3.05, 3.63) is 53.6 Å². The van der Waals surface area contributed by atoms with E-state index in [1.54, 1.807) is 12.1 Å². The number of carbonyl (C=O) groups is 1. The molecule has 0 saturated heterocycles. The molecule has 0 aromatic heterocycles. The van der Waals surface area contributed by atoms with Gasteiger partial charge in [-0.1, -0.05) is 42.5 Å². The van der Waals surface area contributed by atoms with Gasteiger partial charge in [-0.25, -0.2) is 0 Å². The standard InChI is InChI=1S/C17H15ClNO4/c18-8-13(20)12-6-7-14(16-17(12)23-10-15(21)19-16)22-9-11-4-2-1-3-5-11/h1-7,13H,8-10H2,(H,19,21)/q-1/t13-/m0/s1. The maximum atomic E-state index is 12.0. The highest BCUT2D eigenvalue weighted by Crippen LogP contribution is 2.42. The molecule has 1 amide bonds. The number of hydrogen-bond donors (Lipinski definition) is 1. The molecule has 0 bridgehead atoms. The zero-order chi connectivity index (χ0) is 16.2. The lowest BCUT2D eigenvalue weighted by atomic mass is 10.1. The molecule has 3 rings (SSSR count). The van der Waals surface area contributed by atoms with E-state index in [-0.39, 0.29) is 18.4 Å². The Hall–Kier alpha value is -2.24. The van der Waals surface area contributed by atoms with Crippen LogP contribution < -0.4 is 19.9 Å². The van der Waals surface area contributed by atoms with Crippen LogP contribution in [0.1, 0.15) is 17.2 Å². The number of alkyl halides is 1. The van der Waals surface area contributed by atoms with Crippen molar-refractivity contribution in [2.24, 2.45) is 0 Å². The minimum atomic E-state index is -1.12. The van der Waals surface area contributed by atoms with Crippen molar-refractivity contribution in [3.63, 3.8) is 0 Å². The van der Waals surface area contributed by atoms with Crippen LogP contribution in [0, 0.1) is 0 Å². The lowest BCUT2D eigenvalue weighted by Crippen LogP contribution is -2.28. The number of rotatable bonds is 5. The zero-order valence-electron chi connectivity index (χ0n) is 12.3. The Labute approximate surface area is 138 Å². The third kappa shape index (κ3) is 3.41. The minimum Gasteiger partial charge on any atom is -0.848 e. The van der Waals surface area contributed by atoms with E-state index in [4.69, 9.17) is 21.1 Å². The van der Waals surface area contributed by atoms with E-state index in [0.717, 1.165) is 5.56 Å². The van der Waals surface area contributed by atoms with Crippen LogP contribution in [0.5, 0.6) is 11.5 Å². The predicted molar refractivity (Wildman–Crippen MR) is 84.8 cm³/mol. The summed E-state index contributed by atoms with van der Waals surface area (Å²) in [5.41, 5.74) is 1.80. The van der Waals surface area contributed by atoms with Gasteiger partial charge in [-0.05, 0) is 17.2 Å². The first-order valence-corrected chi connectivity index (χ1v) is 7.70.